The first-order valence-electron chi connectivity index (χ1n) is 13.9. The number of aliphatic imine (C=N–C) groups is 1. The van der Waals surface area contributed by atoms with Gasteiger partial charge in [-0.1, -0.05) is 96.0 Å². The number of unbranched alkanes of at least 4 members (excludes halogenated alkanes) is 1. The first kappa shape index (κ1) is 35.2. The smallest absolute Gasteiger partial charge is 0.137 e. The molecule has 2 heterocycles. The topological polar surface area (TPSA) is 94.0 Å². The van der Waals surface area contributed by atoms with E-state index in [0.717, 1.165) is 34.2 Å². The second kappa shape index (κ2) is 17.3. The number of thioether (sulfide) groups is 1. The predicted molar refractivity (Wildman–Crippen MR) is 186 cm³/mol. The lowest BCUT2D eigenvalue weighted by molar-refractivity contribution is 0.00429. The van der Waals surface area contributed by atoms with Crippen molar-refractivity contribution in [3.05, 3.63) is 122 Å². The molecule has 0 saturated heterocycles. The van der Waals surface area contributed by atoms with Gasteiger partial charge in [0.25, 0.3) is 0 Å². The molecule has 5 rings (SSSR count). The van der Waals surface area contributed by atoms with Gasteiger partial charge in [0.15, 0.2) is 0 Å². The molecule has 0 aliphatic carbocycles. The number of halogens is 5. The summed E-state index contributed by atoms with van der Waals surface area (Å²) in [4.78, 5) is 12.6. The van der Waals surface area contributed by atoms with E-state index >= 15 is 0 Å². The van der Waals surface area contributed by atoms with Crippen molar-refractivity contribution in [1.82, 2.24) is 29.5 Å². The monoisotopic (exact) mass is 723 g/mol. The van der Waals surface area contributed by atoms with E-state index in [9.17, 15) is 5.11 Å². The molecule has 14 heteroatoms. The van der Waals surface area contributed by atoms with Crippen molar-refractivity contribution in [2.75, 3.05) is 0 Å². The van der Waals surface area contributed by atoms with E-state index in [-0.39, 0.29) is 0 Å². The van der Waals surface area contributed by atoms with Gasteiger partial charge in [-0.2, -0.15) is 10.2 Å². The van der Waals surface area contributed by atoms with Crippen LogP contribution in [0.25, 0.3) is 0 Å². The summed E-state index contributed by atoms with van der Waals surface area (Å²) in [7, 11) is 0. The van der Waals surface area contributed by atoms with Crippen LogP contribution in [0, 0.1) is 0 Å². The Balaban J connectivity index is 0.000000210. The van der Waals surface area contributed by atoms with Gasteiger partial charge in [-0.15, -0.1) is 11.8 Å². The van der Waals surface area contributed by atoms with Gasteiger partial charge in [0.1, 0.15) is 30.9 Å². The second-order valence-electron chi connectivity index (χ2n) is 9.96. The lowest BCUT2D eigenvalue weighted by Crippen LogP contribution is -2.32. The first-order chi connectivity index (χ1) is 21.6. The molecular formula is C31H30Cl5N7OS. The molecular weight excluding hydrogens is 696 g/mol. The SMILES string of the molecule is CCCCC(O)(Cn1cncn1)c1ccc(Cl)cc1Cl.Clc1ccc(CS/C(Cn2cncn2)=N\c2ccc(Cl)cc2Cl)cc1. The molecule has 0 fully saturated rings. The number of aliphatic hydroxyl groups is 1. The zero-order chi connectivity index (χ0) is 32.2. The molecule has 0 spiro atoms. The van der Waals surface area contributed by atoms with Crippen LogP contribution in [-0.4, -0.2) is 39.7 Å². The maximum absolute atomic E-state index is 11.0. The molecule has 45 heavy (non-hydrogen) atoms. The van der Waals surface area contributed by atoms with Crippen molar-refractivity contribution >= 4 is 80.5 Å². The minimum atomic E-state index is -1.08. The lowest BCUT2D eigenvalue weighted by Gasteiger charge is -2.29. The van der Waals surface area contributed by atoms with Crippen molar-refractivity contribution in [2.24, 2.45) is 4.99 Å². The number of nitrogens with zero attached hydrogens (tertiary/aromatic N) is 7. The quantitative estimate of drug-likeness (QED) is 0.108. The van der Waals surface area contributed by atoms with Crippen LogP contribution < -0.4 is 0 Å². The van der Waals surface area contributed by atoms with Gasteiger partial charge in [0.05, 0.1) is 28.8 Å². The van der Waals surface area contributed by atoms with Crippen LogP contribution in [0.3, 0.4) is 0 Å². The maximum atomic E-state index is 11.0. The maximum Gasteiger partial charge on any atom is 0.137 e. The molecule has 0 bridgehead atoms. The van der Waals surface area contributed by atoms with Crippen molar-refractivity contribution in [1.29, 1.82) is 0 Å². The van der Waals surface area contributed by atoms with E-state index in [1.165, 1.54) is 12.7 Å². The first-order valence-corrected chi connectivity index (χ1v) is 16.8. The third kappa shape index (κ3) is 11.0. The highest BCUT2D eigenvalue weighted by Gasteiger charge is 2.32. The van der Waals surface area contributed by atoms with Crippen LogP contribution in [0.4, 0.5) is 5.69 Å². The summed E-state index contributed by atoms with van der Waals surface area (Å²) in [5.74, 6) is 0.760. The summed E-state index contributed by atoms with van der Waals surface area (Å²) in [5, 5.41) is 22.9. The van der Waals surface area contributed by atoms with E-state index in [0.29, 0.717) is 50.9 Å². The van der Waals surface area contributed by atoms with E-state index in [1.807, 2.05) is 24.3 Å². The zero-order valence-corrected chi connectivity index (χ0v) is 28.8. The van der Waals surface area contributed by atoms with Gasteiger partial charge >= 0.3 is 0 Å². The summed E-state index contributed by atoms with van der Waals surface area (Å²) < 4.78 is 3.33. The van der Waals surface area contributed by atoms with Crippen molar-refractivity contribution < 1.29 is 5.11 Å². The van der Waals surface area contributed by atoms with Gasteiger partial charge in [0.2, 0.25) is 0 Å². The average molecular weight is 726 g/mol. The van der Waals surface area contributed by atoms with Gasteiger partial charge in [-0.05, 0) is 54.4 Å². The van der Waals surface area contributed by atoms with Crippen LogP contribution in [-0.2, 0) is 24.4 Å². The Hall–Kier alpha value is -2.63. The number of benzene rings is 3. The van der Waals surface area contributed by atoms with Gasteiger partial charge < -0.3 is 5.11 Å². The number of aromatic nitrogens is 6. The molecule has 2 aromatic heterocycles. The van der Waals surface area contributed by atoms with Crippen molar-refractivity contribution in [2.45, 2.75) is 50.6 Å². The van der Waals surface area contributed by atoms with Crippen molar-refractivity contribution in [3.8, 4) is 0 Å². The number of hydrogen-bond acceptors (Lipinski definition) is 7. The molecule has 0 amide bonds. The average Bonchev–Trinajstić information content (AvgIpc) is 3.72. The van der Waals surface area contributed by atoms with E-state index < -0.39 is 5.60 Å². The van der Waals surface area contributed by atoms with Crippen LogP contribution in [0.1, 0.15) is 37.3 Å². The molecule has 1 N–H and O–H groups in total. The molecule has 0 aliphatic rings. The van der Waals surface area contributed by atoms with Gasteiger partial charge in [-0.25, -0.2) is 24.3 Å². The third-order valence-corrected chi connectivity index (χ3v) is 8.87. The highest BCUT2D eigenvalue weighted by molar-refractivity contribution is 8.13. The highest BCUT2D eigenvalue weighted by Crippen LogP contribution is 2.35. The Bertz CT molecular complexity index is 1670. The Kier molecular flexibility index (Phi) is 13.6. The van der Waals surface area contributed by atoms with Crippen LogP contribution >= 0.6 is 69.8 Å². The minimum absolute atomic E-state index is 0.314. The van der Waals surface area contributed by atoms with Crippen LogP contribution in [0.2, 0.25) is 25.1 Å². The van der Waals surface area contributed by atoms with Gasteiger partial charge in [-0.3, -0.25) is 0 Å². The molecule has 5 aromatic rings. The molecule has 1 atom stereocenters. The fraction of sp³-hybridized carbons (Fsp3) is 0.258. The molecule has 236 valence electrons. The summed E-state index contributed by atoms with van der Waals surface area (Å²) in [5.41, 5.74) is 1.42. The Morgan fingerprint density at radius 1 is 0.822 bits per heavy atom. The predicted octanol–water partition coefficient (Wildman–Crippen LogP) is 9.56. The largest absolute Gasteiger partial charge is 0.383 e. The fourth-order valence-corrected chi connectivity index (χ4v) is 6.31. The molecule has 1 unspecified atom stereocenters. The second-order valence-corrected chi connectivity index (χ2v) is 13.1. The van der Waals surface area contributed by atoms with Crippen molar-refractivity contribution in [3.63, 3.8) is 0 Å². The Labute approximate surface area is 291 Å². The van der Waals surface area contributed by atoms with E-state index in [4.69, 9.17) is 58.0 Å². The molecule has 0 aliphatic heterocycles. The Morgan fingerprint density at radius 3 is 2.04 bits per heavy atom. The minimum Gasteiger partial charge on any atom is -0.383 e. The van der Waals surface area contributed by atoms with Crippen LogP contribution in [0.15, 0.2) is 91.0 Å². The summed E-state index contributed by atoms with van der Waals surface area (Å²) in [6, 6.07) is 18.2. The summed E-state index contributed by atoms with van der Waals surface area (Å²) in [6.07, 6.45) is 8.67. The lowest BCUT2D eigenvalue weighted by atomic mass is 9.88. The van der Waals surface area contributed by atoms with Gasteiger partial charge in [0, 0.05) is 31.4 Å². The molecule has 0 radical (unpaired) electrons. The number of hydrogen-bond donors (Lipinski definition) is 1. The summed E-state index contributed by atoms with van der Waals surface area (Å²) >= 11 is 31.9. The molecule has 0 saturated carbocycles. The van der Waals surface area contributed by atoms with E-state index in [1.54, 1.807) is 70.2 Å². The highest BCUT2D eigenvalue weighted by atomic mass is 35.5. The summed E-state index contributed by atoms with van der Waals surface area (Å²) in [6.45, 7) is 2.91. The van der Waals surface area contributed by atoms with E-state index in [2.05, 4.69) is 32.1 Å². The Morgan fingerprint density at radius 2 is 1.44 bits per heavy atom. The normalized spacial score (nSPS) is 12.8. The zero-order valence-electron chi connectivity index (χ0n) is 24.2. The molecule has 8 nitrogen and oxygen atoms in total. The number of rotatable bonds is 11. The third-order valence-electron chi connectivity index (χ3n) is 6.50. The van der Waals surface area contributed by atoms with Crippen LogP contribution in [0.5, 0.6) is 0 Å². The molecule has 3 aromatic carbocycles. The fourth-order valence-electron chi connectivity index (χ4n) is 4.24. The standard InChI is InChI=1S/C17H13Cl3N4S.C14H17Cl2N3O/c18-13-3-1-12(2-4-13)9-25-17(8-24-11-21-10-22-24)23-16-6-5-14(19)7-15(16)20;1-2-3-6-14(20,8-19-10-17-9-18-19)12-5-4-11(15)7-13(12)16/h1-7,10-11H,8-9H2;4-5,7,9-10,20H,2-3,6,8H2,1H3/b23-17-;.